The smallest absolute Gasteiger partial charge is 0.870 e. The standard InChI is InChI=1S/C16H14F2N3O4S.Ca.2H2O/c1-23-13-6-3-9(19-14(13)24-2)8-26(22)16-20-11-5-4-10(25-15(17)18)7-12(11)21-16;;;/h3-7,15H,8H2,1-2H3;;2*1H2/q-1;+2;;/p-1. The van der Waals surface area contributed by atoms with E-state index in [-0.39, 0.29) is 71.2 Å². The minimum atomic E-state index is -2.93. The number of aromatic nitrogens is 3. The van der Waals surface area contributed by atoms with Gasteiger partial charge in [-0.3, -0.25) is 4.21 Å². The van der Waals surface area contributed by atoms with Crippen LogP contribution in [0.25, 0.3) is 11.0 Å². The summed E-state index contributed by atoms with van der Waals surface area (Å²) in [4.78, 5) is 12.5. The number of methoxy groups -OCH3 is 2. The molecule has 3 N–H and O–H groups in total. The number of hydrogen-bond donors (Lipinski definition) is 0. The largest absolute Gasteiger partial charge is 2.00 e. The fraction of sp³-hybridized carbons (Fsp3) is 0.250. The minimum Gasteiger partial charge on any atom is -0.870 e. The molecule has 0 saturated carbocycles. The molecule has 3 rings (SSSR count). The van der Waals surface area contributed by atoms with Gasteiger partial charge >= 0.3 is 44.3 Å². The van der Waals surface area contributed by atoms with Crippen molar-refractivity contribution in [3.8, 4) is 17.4 Å². The zero-order chi connectivity index (χ0) is 18.7. The van der Waals surface area contributed by atoms with Gasteiger partial charge in [0.15, 0.2) is 5.75 Å². The van der Waals surface area contributed by atoms with Gasteiger partial charge in [0.2, 0.25) is 0 Å². The summed E-state index contributed by atoms with van der Waals surface area (Å²) in [5.41, 5.74) is 1.28. The summed E-state index contributed by atoms with van der Waals surface area (Å²) in [5, 5.41) is 0.0887. The van der Waals surface area contributed by atoms with Crippen LogP contribution in [0.2, 0.25) is 0 Å². The molecule has 0 radical (unpaired) electrons. The summed E-state index contributed by atoms with van der Waals surface area (Å²) in [6.45, 7) is -2.93. The molecular formula is C16H17CaF2N3O6S. The van der Waals surface area contributed by atoms with Gasteiger partial charge < -0.3 is 35.1 Å². The normalized spacial score (nSPS) is 11.1. The Bertz CT molecular complexity index is 960. The van der Waals surface area contributed by atoms with E-state index >= 15 is 0 Å². The van der Waals surface area contributed by atoms with Crippen LogP contribution in [0.15, 0.2) is 35.5 Å². The molecule has 1 atom stereocenters. The van der Waals surface area contributed by atoms with Crippen LogP contribution < -0.4 is 19.2 Å². The molecule has 2 aromatic heterocycles. The Morgan fingerprint density at radius 1 is 1.14 bits per heavy atom. The second-order valence-corrected chi connectivity index (χ2v) is 6.38. The van der Waals surface area contributed by atoms with Gasteiger partial charge in [0, 0.05) is 5.16 Å². The van der Waals surface area contributed by atoms with E-state index in [1.165, 1.54) is 32.4 Å². The van der Waals surface area contributed by atoms with Gasteiger partial charge in [-0.05, 0) is 35.3 Å². The molecule has 9 nitrogen and oxygen atoms in total. The SMILES string of the molecule is COc1ccc(CS(=O)c2nc3cc(OC(F)F)ccc3[n-]2)nc1OC.O.[Ca+2].[OH-]. The molecule has 0 bridgehead atoms. The van der Waals surface area contributed by atoms with Crippen molar-refractivity contribution >= 4 is 59.6 Å². The summed E-state index contributed by atoms with van der Waals surface area (Å²) in [6, 6.07) is 7.48. The van der Waals surface area contributed by atoms with E-state index in [9.17, 15) is 13.0 Å². The minimum absolute atomic E-state index is 0. The topological polar surface area (TPSA) is 146 Å². The van der Waals surface area contributed by atoms with E-state index in [1.807, 2.05) is 0 Å². The van der Waals surface area contributed by atoms with Crippen molar-refractivity contribution in [2.45, 2.75) is 17.5 Å². The summed E-state index contributed by atoms with van der Waals surface area (Å²) < 4.78 is 51.6. The van der Waals surface area contributed by atoms with E-state index < -0.39 is 17.4 Å². The van der Waals surface area contributed by atoms with Gasteiger partial charge in [-0.15, -0.1) is 0 Å². The average molecular weight is 457 g/mol. The molecule has 29 heavy (non-hydrogen) atoms. The van der Waals surface area contributed by atoms with Crippen molar-refractivity contribution in [1.82, 2.24) is 15.0 Å². The van der Waals surface area contributed by atoms with Gasteiger partial charge in [-0.1, -0.05) is 6.07 Å². The summed E-state index contributed by atoms with van der Waals surface area (Å²) in [7, 11) is 1.38. The van der Waals surface area contributed by atoms with E-state index in [2.05, 4.69) is 19.7 Å². The molecule has 0 saturated heterocycles. The monoisotopic (exact) mass is 457 g/mol. The van der Waals surface area contributed by atoms with Crippen LogP contribution in [0.3, 0.4) is 0 Å². The van der Waals surface area contributed by atoms with Crippen LogP contribution >= 0.6 is 0 Å². The fourth-order valence-corrected chi connectivity index (χ4v) is 3.20. The van der Waals surface area contributed by atoms with E-state index in [4.69, 9.17) is 9.47 Å². The first kappa shape index (κ1) is 27.4. The maximum atomic E-state index is 12.5. The molecule has 0 amide bonds. The van der Waals surface area contributed by atoms with Crippen molar-refractivity contribution < 1.29 is 38.2 Å². The van der Waals surface area contributed by atoms with E-state index in [0.717, 1.165) is 0 Å². The number of pyridine rings is 1. The van der Waals surface area contributed by atoms with E-state index in [0.29, 0.717) is 22.5 Å². The van der Waals surface area contributed by atoms with Crippen LogP contribution in [-0.4, -0.2) is 83.7 Å². The Kier molecular flexibility index (Phi) is 11.5. The molecule has 0 aliphatic carbocycles. The molecule has 0 aliphatic rings. The first-order valence-electron chi connectivity index (χ1n) is 7.35. The van der Waals surface area contributed by atoms with Crippen LogP contribution in [0, 0.1) is 0 Å². The number of nitrogens with zero attached hydrogens (tertiary/aromatic N) is 3. The Hall–Kier alpha value is -1.57. The van der Waals surface area contributed by atoms with Crippen LogP contribution in [0.5, 0.6) is 17.4 Å². The van der Waals surface area contributed by atoms with Gasteiger partial charge in [0.25, 0.3) is 5.88 Å². The Balaban J connectivity index is 0.00000261. The first-order valence-corrected chi connectivity index (χ1v) is 8.67. The number of fused-ring (bicyclic) bond motifs is 1. The molecule has 3 aromatic rings. The maximum absolute atomic E-state index is 12.5. The van der Waals surface area contributed by atoms with Crippen molar-refractivity contribution in [3.63, 3.8) is 0 Å². The molecule has 0 spiro atoms. The van der Waals surface area contributed by atoms with Crippen molar-refractivity contribution in [1.29, 1.82) is 0 Å². The zero-order valence-electron chi connectivity index (χ0n) is 15.5. The van der Waals surface area contributed by atoms with Crippen LogP contribution in [0.1, 0.15) is 5.69 Å². The van der Waals surface area contributed by atoms with Gasteiger partial charge in [0.05, 0.1) is 36.5 Å². The summed E-state index contributed by atoms with van der Waals surface area (Å²) in [6.07, 6.45) is 0. The molecule has 154 valence electrons. The zero-order valence-corrected chi connectivity index (χ0v) is 18.5. The fourth-order valence-electron chi connectivity index (χ4n) is 2.24. The maximum Gasteiger partial charge on any atom is 2.00 e. The second-order valence-electron chi connectivity index (χ2n) is 5.04. The molecule has 0 fully saturated rings. The molecule has 0 aliphatic heterocycles. The van der Waals surface area contributed by atoms with E-state index in [1.54, 1.807) is 12.1 Å². The first-order chi connectivity index (χ1) is 12.5. The number of hydrogen-bond acceptors (Lipinski definition) is 7. The second kappa shape index (κ2) is 12.2. The quantitative estimate of drug-likeness (QED) is 0.480. The summed E-state index contributed by atoms with van der Waals surface area (Å²) >= 11 is 0. The van der Waals surface area contributed by atoms with Crippen LogP contribution in [0.4, 0.5) is 8.78 Å². The number of alkyl halides is 2. The summed E-state index contributed by atoms with van der Waals surface area (Å²) in [5.74, 6) is 0.774. The van der Waals surface area contributed by atoms with Crippen molar-refractivity contribution in [2.24, 2.45) is 0 Å². The number of imidazole rings is 1. The van der Waals surface area contributed by atoms with Gasteiger partial charge in [-0.2, -0.15) is 8.78 Å². The Labute approximate surface area is 196 Å². The average Bonchev–Trinajstić information content (AvgIpc) is 3.04. The third-order valence-electron chi connectivity index (χ3n) is 3.38. The number of halogens is 2. The Morgan fingerprint density at radius 2 is 1.86 bits per heavy atom. The third-order valence-corrected chi connectivity index (χ3v) is 4.53. The number of benzene rings is 1. The molecule has 13 heteroatoms. The predicted octanol–water partition coefficient (Wildman–Crippen LogP) is 1.13. The van der Waals surface area contributed by atoms with Crippen molar-refractivity contribution in [2.75, 3.05) is 14.2 Å². The molecule has 1 unspecified atom stereocenters. The number of ether oxygens (including phenoxy) is 3. The molecular weight excluding hydrogens is 440 g/mol. The molecule has 2 heterocycles. The van der Waals surface area contributed by atoms with Gasteiger partial charge in [0.1, 0.15) is 5.75 Å². The van der Waals surface area contributed by atoms with Crippen molar-refractivity contribution in [3.05, 3.63) is 36.0 Å². The van der Waals surface area contributed by atoms with Crippen LogP contribution in [-0.2, 0) is 16.6 Å². The third kappa shape index (κ3) is 6.73. The number of rotatable bonds is 7. The predicted molar refractivity (Wildman–Crippen MR) is 100 cm³/mol. The Morgan fingerprint density at radius 3 is 2.48 bits per heavy atom. The van der Waals surface area contributed by atoms with Gasteiger partial charge in [-0.25, -0.2) is 4.98 Å². The molecule has 1 aromatic carbocycles.